The van der Waals surface area contributed by atoms with Crippen molar-refractivity contribution in [1.29, 1.82) is 0 Å². The van der Waals surface area contributed by atoms with E-state index in [1.807, 2.05) is 12.1 Å². The van der Waals surface area contributed by atoms with Crippen molar-refractivity contribution >= 4 is 23.5 Å². The van der Waals surface area contributed by atoms with E-state index in [0.717, 1.165) is 5.56 Å². The quantitative estimate of drug-likeness (QED) is 0.838. The van der Waals surface area contributed by atoms with E-state index in [1.54, 1.807) is 24.0 Å². The fourth-order valence-electron chi connectivity index (χ4n) is 3.42. The number of carbonyl (C=O) groups is 2. The molecule has 1 atom stereocenters. The Balaban J connectivity index is 1.63. The molecule has 0 bridgehead atoms. The van der Waals surface area contributed by atoms with Gasteiger partial charge >= 0.3 is 5.97 Å². The number of piperidine rings is 1. The zero-order chi connectivity index (χ0) is 19.6. The summed E-state index contributed by atoms with van der Waals surface area (Å²) in [5.41, 5.74) is 1.48. The van der Waals surface area contributed by atoms with Crippen LogP contribution in [-0.4, -0.2) is 45.1 Å². The Labute approximate surface area is 162 Å². The third-order valence-electron chi connectivity index (χ3n) is 5.02. The smallest absolute Gasteiger partial charge is 0.337 e. The van der Waals surface area contributed by atoms with Gasteiger partial charge in [0.05, 0.1) is 17.4 Å². The molecule has 1 fully saturated rings. The molecule has 27 heavy (non-hydrogen) atoms. The highest BCUT2D eigenvalue weighted by Crippen LogP contribution is 2.31. The molecule has 1 aromatic carbocycles. The Kier molecular flexibility index (Phi) is 5.77. The number of nitrogens with zero attached hydrogens (tertiary/aromatic N) is 2. The predicted molar refractivity (Wildman–Crippen MR) is 101 cm³/mol. The Morgan fingerprint density at radius 1 is 1.15 bits per heavy atom. The number of amides is 1. The number of rotatable bonds is 4. The summed E-state index contributed by atoms with van der Waals surface area (Å²) >= 11 is 5.89. The third-order valence-corrected chi connectivity index (χ3v) is 5.27. The topological polar surface area (TPSA) is 90.7 Å². The van der Waals surface area contributed by atoms with E-state index >= 15 is 0 Å². The summed E-state index contributed by atoms with van der Waals surface area (Å²) in [6, 6.07) is 10.0. The van der Waals surface area contributed by atoms with Crippen molar-refractivity contribution in [2.45, 2.75) is 25.9 Å². The lowest BCUT2D eigenvalue weighted by molar-refractivity contribution is 0.0458. The number of aliphatic hydroxyl groups is 1. The van der Waals surface area contributed by atoms with Crippen LogP contribution >= 0.6 is 11.6 Å². The standard InChI is InChI=1S/C20H21ClN2O4/c1-12-16(20(26)27)6-7-17(22-12)19(25)23-10-8-14(9-11-23)18(24)13-2-4-15(21)5-3-13/h2-7,14,18,24H,8-11H2,1H3,(H,26,27). The zero-order valence-corrected chi connectivity index (χ0v) is 15.7. The Bertz CT molecular complexity index is 846. The normalized spacial score (nSPS) is 16.2. The maximum absolute atomic E-state index is 12.7. The van der Waals surface area contributed by atoms with Crippen molar-refractivity contribution in [2.75, 3.05) is 13.1 Å². The number of carbonyl (C=O) groups excluding carboxylic acids is 1. The molecule has 0 aliphatic carbocycles. The number of halogens is 1. The molecule has 0 saturated carbocycles. The van der Waals surface area contributed by atoms with E-state index in [2.05, 4.69) is 4.98 Å². The molecule has 1 amide bonds. The number of likely N-dealkylation sites (tertiary alicyclic amines) is 1. The molecule has 142 valence electrons. The van der Waals surface area contributed by atoms with Crippen LogP contribution in [0.5, 0.6) is 0 Å². The summed E-state index contributed by atoms with van der Waals surface area (Å²) in [6.07, 6.45) is 0.776. The lowest BCUT2D eigenvalue weighted by Crippen LogP contribution is -2.40. The van der Waals surface area contributed by atoms with Gasteiger partial charge in [0.2, 0.25) is 0 Å². The second-order valence-electron chi connectivity index (χ2n) is 6.76. The average Bonchev–Trinajstić information content (AvgIpc) is 2.67. The molecule has 2 heterocycles. The zero-order valence-electron chi connectivity index (χ0n) is 14.9. The molecule has 1 aliphatic rings. The van der Waals surface area contributed by atoms with Crippen molar-refractivity contribution < 1.29 is 19.8 Å². The van der Waals surface area contributed by atoms with Gasteiger partial charge in [0, 0.05) is 18.1 Å². The maximum Gasteiger partial charge on any atom is 0.337 e. The number of aromatic nitrogens is 1. The van der Waals surface area contributed by atoms with Crippen LogP contribution in [0.1, 0.15) is 51.0 Å². The van der Waals surface area contributed by atoms with Crippen LogP contribution in [0.25, 0.3) is 0 Å². The van der Waals surface area contributed by atoms with E-state index in [1.165, 1.54) is 12.1 Å². The highest BCUT2D eigenvalue weighted by Gasteiger charge is 2.29. The molecule has 6 nitrogen and oxygen atoms in total. The molecule has 7 heteroatoms. The summed E-state index contributed by atoms with van der Waals surface area (Å²) in [5, 5.41) is 20.3. The number of aromatic carboxylic acids is 1. The van der Waals surface area contributed by atoms with Crippen molar-refractivity contribution in [1.82, 2.24) is 9.88 Å². The minimum Gasteiger partial charge on any atom is -0.478 e. The number of hydrogen-bond acceptors (Lipinski definition) is 4. The number of hydrogen-bond donors (Lipinski definition) is 2. The van der Waals surface area contributed by atoms with Crippen molar-refractivity contribution in [3.63, 3.8) is 0 Å². The first kappa shape index (κ1) is 19.3. The summed E-state index contributed by atoms with van der Waals surface area (Å²) < 4.78 is 0. The second-order valence-corrected chi connectivity index (χ2v) is 7.20. The van der Waals surface area contributed by atoms with Gasteiger partial charge in [-0.2, -0.15) is 0 Å². The molecule has 2 aromatic rings. The van der Waals surface area contributed by atoms with E-state index in [4.69, 9.17) is 16.7 Å². The molecule has 1 aromatic heterocycles. The third kappa shape index (κ3) is 4.28. The number of carboxylic acids is 1. The molecular formula is C20H21ClN2O4. The van der Waals surface area contributed by atoms with Crippen LogP contribution in [0.4, 0.5) is 0 Å². The van der Waals surface area contributed by atoms with Gasteiger partial charge in [0.25, 0.3) is 5.91 Å². The van der Waals surface area contributed by atoms with Crippen LogP contribution in [0.2, 0.25) is 5.02 Å². The molecular weight excluding hydrogens is 368 g/mol. The van der Waals surface area contributed by atoms with Gasteiger partial charge in [-0.1, -0.05) is 23.7 Å². The summed E-state index contributed by atoms with van der Waals surface area (Å²) in [5.74, 6) is -1.20. The van der Waals surface area contributed by atoms with Crippen LogP contribution in [-0.2, 0) is 0 Å². The Morgan fingerprint density at radius 3 is 2.33 bits per heavy atom. The fraction of sp³-hybridized carbons (Fsp3) is 0.350. The molecule has 0 spiro atoms. The second kappa shape index (κ2) is 8.06. The van der Waals surface area contributed by atoms with Gasteiger partial charge in [0.1, 0.15) is 5.69 Å². The molecule has 1 aliphatic heterocycles. The maximum atomic E-state index is 12.7. The molecule has 1 unspecified atom stereocenters. The van der Waals surface area contributed by atoms with Gasteiger partial charge in [-0.05, 0) is 55.5 Å². The van der Waals surface area contributed by atoms with E-state index in [-0.39, 0.29) is 23.1 Å². The van der Waals surface area contributed by atoms with Gasteiger partial charge < -0.3 is 15.1 Å². The summed E-state index contributed by atoms with van der Waals surface area (Å²) in [6.45, 7) is 2.63. The monoisotopic (exact) mass is 388 g/mol. The first-order chi connectivity index (χ1) is 12.9. The van der Waals surface area contributed by atoms with Crippen LogP contribution in [0.15, 0.2) is 36.4 Å². The minimum atomic E-state index is -1.06. The van der Waals surface area contributed by atoms with E-state index in [9.17, 15) is 14.7 Å². The average molecular weight is 389 g/mol. The highest BCUT2D eigenvalue weighted by atomic mass is 35.5. The number of benzene rings is 1. The summed E-state index contributed by atoms with van der Waals surface area (Å²) in [4.78, 5) is 29.6. The molecule has 0 radical (unpaired) electrons. The fourth-order valence-corrected chi connectivity index (χ4v) is 3.54. The molecule has 3 rings (SSSR count). The van der Waals surface area contributed by atoms with Crippen LogP contribution in [0, 0.1) is 12.8 Å². The molecule has 2 N–H and O–H groups in total. The largest absolute Gasteiger partial charge is 0.478 e. The number of aryl methyl sites for hydroxylation is 1. The first-order valence-electron chi connectivity index (χ1n) is 8.80. The SMILES string of the molecule is Cc1nc(C(=O)N2CCC(C(O)c3ccc(Cl)cc3)CC2)ccc1C(=O)O. The Hall–Kier alpha value is -2.44. The minimum absolute atomic E-state index is 0.0688. The van der Waals surface area contributed by atoms with Gasteiger partial charge in [-0.15, -0.1) is 0 Å². The van der Waals surface area contributed by atoms with Crippen LogP contribution in [0.3, 0.4) is 0 Å². The number of carboxylic acid groups (broad SMARTS) is 1. The van der Waals surface area contributed by atoms with Gasteiger partial charge in [-0.25, -0.2) is 9.78 Å². The first-order valence-corrected chi connectivity index (χ1v) is 9.18. The van der Waals surface area contributed by atoms with Gasteiger partial charge in [-0.3, -0.25) is 4.79 Å². The predicted octanol–water partition coefficient (Wildman–Crippen LogP) is 3.33. The lowest BCUT2D eigenvalue weighted by atomic mass is 9.87. The molecule has 1 saturated heterocycles. The van der Waals surface area contributed by atoms with Crippen molar-refractivity contribution in [3.05, 3.63) is 63.9 Å². The highest BCUT2D eigenvalue weighted by molar-refractivity contribution is 6.30. The van der Waals surface area contributed by atoms with Crippen molar-refractivity contribution in [2.24, 2.45) is 5.92 Å². The Morgan fingerprint density at radius 2 is 1.78 bits per heavy atom. The van der Waals surface area contributed by atoms with E-state index < -0.39 is 12.1 Å². The number of pyridine rings is 1. The van der Waals surface area contributed by atoms with Crippen molar-refractivity contribution in [3.8, 4) is 0 Å². The van der Waals surface area contributed by atoms with Crippen LogP contribution < -0.4 is 0 Å². The summed E-state index contributed by atoms with van der Waals surface area (Å²) in [7, 11) is 0. The number of aliphatic hydroxyl groups excluding tert-OH is 1. The lowest BCUT2D eigenvalue weighted by Gasteiger charge is -2.34. The van der Waals surface area contributed by atoms with E-state index in [0.29, 0.717) is 36.6 Å². The van der Waals surface area contributed by atoms with Gasteiger partial charge in [0.15, 0.2) is 0 Å².